The molecule has 0 aliphatic heterocycles. The van der Waals surface area contributed by atoms with Gasteiger partial charge in [-0.25, -0.2) is 0 Å². The Bertz CT molecular complexity index is 339. The number of nitrogens with zero attached hydrogens (tertiary/aromatic N) is 1. The van der Waals surface area contributed by atoms with Gasteiger partial charge in [0.2, 0.25) is 0 Å². The van der Waals surface area contributed by atoms with Crippen LogP contribution in [-0.2, 0) is 0 Å². The van der Waals surface area contributed by atoms with Crippen LogP contribution in [0.15, 0.2) is 18.3 Å². The van der Waals surface area contributed by atoms with Gasteiger partial charge in [0.05, 0.1) is 0 Å². The van der Waals surface area contributed by atoms with E-state index in [1.165, 1.54) is 18.4 Å². The molecule has 0 amide bonds. The van der Waals surface area contributed by atoms with Gasteiger partial charge in [0.15, 0.2) is 0 Å². The zero-order valence-electron chi connectivity index (χ0n) is 11.9. The second-order valence-corrected chi connectivity index (χ2v) is 5.89. The molecule has 96 valence electrons. The summed E-state index contributed by atoms with van der Waals surface area (Å²) >= 11 is 0. The largest absolute Gasteiger partial charge is 0.310 e. The first-order valence-corrected chi connectivity index (χ1v) is 6.59. The van der Waals surface area contributed by atoms with Gasteiger partial charge in [-0.2, -0.15) is 0 Å². The summed E-state index contributed by atoms with van der Waals surface area (Å²) < 4.78 is 0. The summed E-state index contributed by atoms with van der Waals surface area (Å²) in [7, 11) is 0. The van der Waals surface area contributed by atoms with Gasteiger partial charge in [0.25, 0.3) is 0 Å². The Labute approximate surface area is 106 Å². The van der Waals surface area contributed by atoms with Crippen molar-refractivity contribution < 1.29 is 0 Å². The van der Waals surface area contributed by atoms with E-state index in [0.29, 0.717) is 11.5 Å². The molecule has 0 aliphatic rings. The second-order valence-electron chi connectivity index (χ2n) is 5.89. The Balaban J connectivity index is 2.75. The van der Waals surface area contributed by atoms with Crippen LogP contribution in [-0.4, -0.2) is 11.5 Å². The highest BCUT2D eigenvalue weighted by Gasteiger charge is 2.17. The molecule has 0 saturated heterocycles. The van der Waals surface area contributed by atoms with Gasteiger partial charge < -0.3 is 5.32 Å². The molecule has 0 fully saturated rings. The maximum atomic E-state index is 4.39. The highest BCUT2D eigenvalue weighted by Crippen LogP contribution is 2.28. The van der Waals surface area contributed by atoms with Gasteiger partial charge >= 0.3 is 0 Å². The Kier molecular flexibility index (Phi) is 5.13. The fourth-order valence-electron chi connectivity index (χ4n) is 2.06. The van der Waals surface area contributed by atoms with Crippen LogP contribution in [0.3, 0.4) is 0 Å². The minimum Gasteiger partial charge on any atom is -0.310 e. The lowest BCUT2D eigenvalue weighted by Crippen LogP contribution is -2.23. The van der Waals surface area contributed by atoms with E-state index in [-0.39, 0.29) is 0 Å². The highest BCUT2D eigenvalue weighted by molar-refractivity contribution is 5.22. The molecule has 1 aromatic rings. The summed E-state index contributed by atoms with van der Waals surface area (Å²) in [5.41, 5.74) is 2.88. The SMILES string of the molecule is CCNC(CCC(C)(C)C)c1cccnc1C. The molecule has 1 heterocycles. The number of aryl methyl sites for hydroxylation is 1. The third-order valence-electron chi connectivity index (χ3n) is 3.06. The van der Waals surface area contributed by atoms with Crippen molar-refractivity contribution in [3.8, 4) is 0 Å². The van der Waals surface area contributed by atoms with Gasteiger partial charge in [-0.1, -0.05) is 33.8 Å². The number of pyridine rings is 1. The van der Waals surface area contributed by atoms with Crippen molar-refractivity contribution in [1.29, 1.82) is 0 Å². The molecule has 0 spiro atoms. The molecule has 1 unspecified atom stereocenters. The lowest BCUT2D eigenvalue weighted by Gasteiger charge is -2.24. The third-order valence-corrected chi connectivity index (χ3v) is 3.06. The molecule has 0 saturated carbocycles. The highest BCUT2D eigenvalue weighted by atomic mass is 14.9. The van der Waals surface area contributed by atoms with Crippen LogP contribution in [0.4, 0.5) is 0 Å². The van der Waals surface area contributed by atoms with Crippen LogP contribution in [0.25, 0.3) is 0 Å². The van der Waals surface area contributed by atoms with Gasteiger partial charge in [-0.05, 0) is 43.4 Å². The molecule has 1 N–H and O–H groups in total. The minimum absolute atomic E-state index is 0.393. The van der Waals surface area contributed by atoms with Crippen LogP contribution in [0.1, 0.15) is 57.8 Å². The molecular weight excluding hydrogens is 208 g/mol. The van der Waals surface area contributed by atoms with Crippen molar-refractivity contribution >= 4 is 0 Å². The zero-order valence-corrected chi connectivity index (χ0v) is 11.9. The fraction of sp³-hybridized carbons (Fsp3) is 0.667. The first-order chi connectivity index (χ1) is 7.94. The molecule has 2 heteroatoms. The Morgan fingerprint density at radius 1 is 1.35 bits per heavy atom. The Hall–Kier alpha value is -0.890. The summed E-state index contributed by atoms with van der Waals surface area (Å²) in [6.07, 6.45) is 4.26. The van der Waals surface area contributed by atoms with E-state index < -0.39 is 0 Å². The van der Waals surface area contributed by atoms with E-state index in [9.17, 15) is 0 Å². The number of hydrogen-bond donors (Lipinski definition) is 1. The molecule has 0 radical (unpaired) electrons. The van der Waals surface area contributed by atoms with Crippen LogP contribution in [0.2, 0.25) is 0 Å². The van der Waals surface area contributed by atoms with Crippen LogP contribution in [0.5, 0.6) is 0 Å². The van der Waals surface area contributed by atoms with Crippen LogP contribution in [0, 0.1) is 12.3 Å². The van der Waals surface area contributed by atoms with E-state index in [0.717, 1.165) is 12.2 Å². The van der Waals surface area contributed by atoms with E-state index in [1.54, 1.807) is 0 Å². The standard InChI is InChI=1S/C15H26N2/c1-6-16-14(9-10-15(3,4)5)13-8-7-11-17-12(13)2/h7-8,11,14,16H,6,9-10H2,1-5H3. The normalized spacial score (nSPS) is 13.7. The summed E-state index contributed by atoms with van der Waals surface area (Å²) in [5, 5.41) is 3.57. The van der Waals surface area contributed by atoms with Crippen LogP contribution < -0.4 is 5.32 Å². The lowest BCUT2D eigenvalue weighted by molar-refractivity contribution is 0.333. The molecule has 0 aromatic carbocycles. The number of rotatable bonds is 5. The summed E-state index contributed by atoms with van der Waals surface area (Å²) in [6.45, 7) is 12.2. The van der Waals surface area contributed by atoms with E-state index >= 15 is 0 Å². The molecular formula is C15H26N2. The van der Waals surface area contributed by atoms with E-state index in [4.69, 9.17) is 0 Å². The van der Waals surface area contributed by atoms with Crippen LogP contribution >= 0.6 is 0 Å². The predicted octanol–water partition coefficient (Wildman–Crippen LogP) is 3.87. The molecule has 2 nitrogen and oxygen atoms in total. The number of hydrogen-bond acceptors (Lipinski definition) is 2. The molecule has 1 rings (SSSR count). The van der Waals surface area contributed by atoms with E-state index in [2.05, 4.69) is 51.0 Å². The van der Waals surface area contributed by atoms with E-state index in [1.807, 2.05) is 12.3 Å². The smallest absolute Gasteiger partial charge is 0.0420 e. The first kappa shape index (κ1) is 14.2. The maximum Gasteiger partial charge on any atom is 0.0420 e. The van der Waals surface area contributed by atoms with Crippen molar-refractivity contribution in [2.45, 2.75) is 53.5 Å². The molecule has 0 bridgehead atoms. The summed E-state index contributed by atoms with van der Waals surface area (Å²) in [6, 6.07) is 4.66. The second kappa shape index (κ2) is 6.15. The van der Waals surface area contributed by atoms with Crippen molar-refractivity contribution in [2.24, 2.45) is 5.41 Å². The number of nitrogens with one attached hydrogen (secondary N) is 1. The third kappa shape index (κ3) is 4.86. The average Bonchev–Trinajstić information content (AvgIpc) is 2.24. The van der Waals surface area contributed by atoms with Gasteiger partial charge in [0, 0.05) is 17.9 Å². The Morgan fingerprint density at radius 2 is 2.06 bits per heavy atom. The Morgan fingerprint density at radius 3 is 2.59 bits per heavy atom. The maximum absolute atomic E-state index is 4.39. The fourth-order valence-corrected chi connectivity index (χ4v) is 2.06. The van der Waals surface area contributed by atoms with Gasteiger partial charge in [0.1, 0.15) is 0 Å². The summed E-state index contributed by atoms with van der Waals surface area (Å²) in [4.78, 5) is 4.39. The molecule has 1 atom stereocenters. The molecule has 17 heavy (non-hydrogen) atoms. The monoisotopic (exact) mass is 234 g/mol. The van der Waals surface area contributed by atoms with Crippen molar-refractivity contribution in [3.05, 3.63) is 29.6 Å². The predicted molar refractivity (Wildman–Crippen MR) is 74.1 cm³/mol. The zero-order chi connectivity index (χ0) is 12.9. The minimum atomic E-state index is 0.393. The average molecular weight is 234 g/mol. The quantitative estimate of drug-likeness (QED) is 0.836. The molecule has 1 aromatic heterocycles. The van der Waals surface area contributed by atoms with Crippen molar-refractivity contribution in [2.75, 3.05) is 6.54 Å². The summed E-state index contributed by atoms with van der Waals surface area (Å²) in [5.74, 6) is 0. The van der Waals surface area contributed by atoms with Gasteiger partial charge in [-0.3, -0.25) is 4.98 Å². The van der Waals surface area contributed by atoms with Gasteiger partial charge in [-0.15, -0.1) is 0 Å². The van der Waals surface area contributed by atoms with Crippen molar-refractivity contribution in [3.63, 3.8) is 0 Å². The molecule has 0 aliphatic carbocycles. The van der Waals surface area contributed by atoms with Crippen molar-refractivity contribution in [1.82, 2.24) is 10.3 Å². The number of aromatic nitrogens is 1. The topological polar surface area (TPSA) is 24.9 Å². The first-order valence-electron chi connectivity index (χ1n) is 6.59. The lowest BCUT2D eigenvalue weighted by atomic mass is 9.87.